The molecule has 0 saturated carbocycles. The molecule has 0 radical (unpaired) electrons. The van der Waals surface area contributed by atoms with Crippen LogP contribution >= 0.6 is 0 Å². The van der Waals surface area contributed by atoms with E-state index < -0.39 is 0 Å². The number of hydrogen-bond donors (Lipinski definition) is 1. The van der Waals surface area contributed by atoms with Gasteiger partial charge in [0, 0.05) is 12.0 Å². The fraction of sp³-hybridized carbons (Fsp3) is 0.667. The van der Waals surface area contributed by atoms with Crippen molar-refractivity contribution in [2.24, 2.45) is 5.92 Å². The molecular formula is C18H27NO2. The Balaban J connectivity index is 1.94. The second-order valence-corrected chi connectivity index (χ2v) is 6.64. The van der Waals surface area contributed by atoms with Crippen molar-refractivity contribution < 1.29 is 9.47 Å². The fourth-order valence-corrected chi connectivity index (χ4v) is 3.32. The summed E-state index contributed by atoms with van der Waals surface area (Å²) >= 11 is 0. The molecule has 1 heterocycles. The molecule has 1 aromatic carbocycles. The maximum Gasteiger partial charge on any atom is 0.161 e. The summed E-state index contributed by atoms with van der Waals surface area (Å²) in [5.41, 5.74) is 2.85. The van der Waals surface area contributed by atoms with E-state index in [1.165, 1.54) is 30.4 Å². The first kappa shape index (κ1) is 14.7. The zero-order chi connectivity index (χ0) is 14.8. The molecule has 3 nitrogen and oxygen atoms in total. The van der Waals surface area contributed by atoms with Crippen molar-refractivity contribution in [2.75, 3.05) is 19.8 Å². The number of hydrogen-bond acceptors (Lipinski definition) is 3. The van der Waals surface area contributed by atoms with Gasteiger partial charge in [-0.1, -0.05) is 20.8 Å². The zero-order valence-corrected chi connectivity index (χ0v) is 13.4. The highest BCUT2D eigenvalue weighted by Crippen LogP contribution is 2.43. The maximum atomic E-state index is 5.96. The van der Waals surface area contributed by atoms with E-state index in [1.54, 1.807) is 0 Å². The molecule has 3 unspecified atom stereocenters. The van der Waals surface area contributed by atoms with Gasteiger partial charge in [0.2, 0.25) is 0 Å². The van der Waals surface area contributed by atoms with Crippen LogP contribution in [0.15, 0.2) is 12.1 Å². The quantitative estimate of drug-likeness (QED) is 0.911. The van der Waals surface area contributed by atoms with Gasteiger partial charge in [0.15, 0.2) is 11.5 Å². The molecule has 0 amide bonds. The van der Waals surface area contributed by atoms with Crippen molar-refractivity contribution in [3.63, 3.8) is 0 Å². The summed E-state index contributed by atoms with van der Waals surface area (Å²) in [5, 5.41) is 3.68. The molecule has 0 spiro atoms. The van der Waals surface area contributed by atoms with Gasteiger partial charge in [-0.2, -0.15) is 0 Å². The van der Waals surface area contributed by atoms with Crippen molar-refractivity contribution in [3.8, 4) is 11.5 Å². The third kappa shape index (κ3) is 3.03. The molecule has 3 rings (SSSR count). The highest BCUT2D eigenvalue weighted by Gasteiger charge is 2.27. The molecule has 1 N–H and O–H groups in total. The standard InChI is InChI=1S/C18H27NO2/c1-4-7-19-16-6-5-13(3)14-8-17-18(9-15(14)16)21-11-12(2)10-20-17/h8-9,12-13,16,19H,4-7,10-11H2,1-3H3. The van der Waals surface area contributed by atoms with Crippen LogP contribution < -0.4 is 14.8 Å². The molecule has 1 aliphatic heterocycles. The van der Waals surface area contributed by atoms with E-state index >= 15 is 0 Å². The van der Waals surface area contributed by atoms with Crippen LogP contribution in [0, 0.1) is 5.92 Å². The summed E-state index contributed by atoms with van der Waals surface area (Å²) in [6, 6.07) is 4.92. The van der Waals surface area contributed by atoms with Crippen LogP contribution in [0.5, 0.6) is 11.5 Å². The van der Waals surface area contributed by atoms with Crippen LogP contribution in [0.1, 0.15) is 63.1 Å². The summed E-state index contributed by atoms with van der Waals surface area (Å²) in [6.07, 6.45) is 3.62. The molecule has 3 heteroatoms. The van der Waals surface area contributed by atoms with Gasteiger partial charge in [-0.05, 0) is 55.0 Å². The van der Waals surface area contributed by atoms with E-state index in [0.29, 0.717) is 17.9 Å². The van der Waals surface area contributed by atoms with Crippen LogP contribution in [-0.4, -0.2) is 19.8 Å². The van der Waals surface area contributed by atoms with Crippen LogP contribution in [-0.2, 0) is 0 Å². The number of ether oxygens (including phenoxy) is 2. The highest BCUT2D eigenvalue weighted by molar-refractivity contribution is 5.50. The lowest BCUT2D eigenvalue weighted by Gasteiger charge is -2.31. The van der Waals surface area contributed by atoms with Crippen molar-refractivity contribution >= 4 is 0 Å². The predicted molar refractivity (Wildman–Crippen MR) is 85.3 cm³/mol. The molecular weight excluding hydrogens is 262 g/mol. The van der Waals surface area contributed by atoms with Gasteiger partial charge in [-0.3, -0.25) is 0 Å². The molecule has 0 fully saturated rings. The van der Waals surface area contributed by atoms with Crippen molar-refractivity contribution in [2.45, 2.75) is 52.0 Å². The van der Waals surface area contributed by atoms with E-state index in [1.807, 2.05) is 0 Å². The largest absolute Gasteiger partial charge is 0.489 e. The minimum absolute atomic E-state index is 0.445. The summed E-state index contributed by atoms with van der Waals surface area (Å²) in [4.78, 5) is 0. The van der Waals surface area contributed by atoms with E-state index in [4.69, 9.17) is 9.47 Å². The van der Waals surface area contributed by atoms with Crippen molar-refractivity contribution in [3.05, 3.63) is 23.3 Å². The summed E-state index contributed by atoms with van der Waals surface area (Å²) < 4.78 is 11.9. The third-order valence-electron chi connectivity index (χ3n) is 4.63. The number of benzene rings is 1. The Morgan fingerprint density at radius 1 is 1.05 bits per heavy atom. The fourth-order valence-electron chi connectivity index (χ4n) is 3.32. The third-order valence-corrected chi connectivity index (χ3v) is 4.63. The van der Waals surface area contributed by atoms with Gasteiger partial charge in [0.25, 0.3) is 0 Å². The Kier molecular flexibility index (Phi) is 4.39. The molecule has 3 atom stereocenters. The molecule has 116 valence electrons. The van der Waals surface area contributed by atoms with Gasteiger partial charge in [-0.25, -0.2) is 0 Å². The Labute approximate surface area is 128 Å². The Morgan fingerprint density at radius 2 is 1.71 bits per heavy atom. The normalized spacial score (nSPS) is 27.9. The first-order valence-corrected chi connectivity index (χ1v) is 8.35. The van der Waals surface area contributed by atoms with E-state index in [-0.39, 0.29) is 0 Å². The lowest BCUT2D eigenvalue weighted by atomic mass is 9.80. The second kappa shape index (κ2) is 6.27. The number of fused-ring (bicyclic) bond motifs is 2. The van der Waals surface area contributed by atoms with Crippen LogP contribution in [0.4, 0.5) is 0 Å². The Morgan fingerprint density at radius 3 is 2.38 bits per heavy atom. The molecule has 0 aromatic heterocycles. The average molecular weight is 289 g/mol. The van der Waals surface area contributed by atoms with Crippen molar-refractivity contribution in [1.82, 2.24) is 5.32 Å². The smallest absolute Gasteiger partial charge is 0.161 e. The second-order valence-electron chi connectivity index (χ2n) is 6.64. The SMILES string of the molecule is CCCNC1CCC(C)c2cc3c(cc21)OCC(C)CO3. The number of nitrogens with one attached hydrogen (secondary N) is 1. The Bertz CT molecular complexity index is 500. The predicted octanol–water partition coefficient (Wildman–Crippen LogP) is 4.03. The molecule has 1 aliphatic carbocycles. The van der Waals surface area contributed by atoms with Gasteiger partial charge in [0.05, 0.1) is 13.2 Å². The summed E-state index contributed by atoms with van der Waals surface area (Å²) in [6.45, 7) is 9.27. The van der Waals surface area contributed by atoms with Gasteiger partial charge >= 0.3 is 0 Å². The van der Waals surface area contributed by atoms with Crippen LogP contribution in [0.3, 0.4) is 0 Å². The molecule has 2 aliphatic rings. The molecule has 0 saturated heterocycles. The van der Waals surface area contributed by atoms with Crippen LogP contribution in [0.25, 0.3) is 0 Å². The van der Waals surface area contributed by atoms with Gasteiger partial charge < -0.3 is 14.8 Å². The topological polar surface area (TPSA) is 30.5 Å². The molecule has 1 aromatic rings. The van der Waals surface area contributed by atoms with E-state index in [9.17, 15) is 0 Å². The minimum atomic E-state index is 0.445. The zero-order valence-electron chi connectivity index (χ0n) is 13.4. The van der Waals surface area contributed by atoms with Crippen molar-refractivity contribution in [1.29, 1.82) is 0 Å². The van der Waals surface area contributed by atoms with E-state index in [0.717, 1.165) is 31.3 Å². The monoisotopic (exact) mass is 289 g/mol. The molecule has 21 heavy (non-hydrogen) atoms. The maximum absolute atomic E-state index is 5.96. The lowest BCUT2D eigenvalue weighted by Crippen LogP contribution is -2.27. The average Bonchev–Trinajstić information content (AvgIpc) is 2.67. The molecule has 0 bridgehead atoms. The summed E-state index contributed by atoms with van der Waals surface area (Å²) in [7, 11) is 0. The minimum Gasteiger partial charge on any atom is -0.489 e. The first-order chi connectivity index (χ1) is 10.2. The lowest BCUT2D eigenvalue weighted by molar-refractivity contribution is 0.228. The van der Waals surface area contributed by atoms with Gasteiger partial charge in [0.1, 0.15) is 0 Å². The van der Waals surface area contributed by atoms with Crippen LogP contribution in [0.2, 0.25) is 0 Å². The highest BCUT2D eigenvalue weighted by atomic mass is 16.5. The number of rotatable bonds is 3. The first-order valence-electron chi connectivity index (χ1n) is 8.35. The van der Waals surface area contributed by atoms with E-state index in [2.05, 4.69) is 38.2 Å². The van der Waals surface area contributed by atoms with Gasteiger partial charge in [-0.15, -0.1) is 0 Å². The summed E-state index contributed by atoms with van der Waals surface area (Å²) in [5.74, 6) is 2.91. The Hall–Kier alpha value is -1.22.